The van der Waals surface area contributed by atoms with Crippen LogP contribution in [-0.4, -0.2) is 5.60 Å². The van der Waals surface area contributed by atoms with Crippen LogP contribution < -0.4 is 0 Å². The Morgan fingerprint density at radius 2 is 1.67 bits per heavy atom. The summed E-state index contributed by atoms with van der Waals surface area (Å²) in [5, 5.41) is 8.96. The molecule has 1 unspecified atom stereocenters. The van der Waals surface area contributed by atoms with Crippen LogP contribution in [0.2, 0.25) is 0 Å². The van der Waals surface area contributed by atoms with Gasteiger partial charge in [0.2, 0.25) is 5.60 Å². The minimum atomic E-state index is -1.58. The van der Waals surface area contributed by atoms with Crippen LogP contribution in [0.1, 0.15) is 0 Å². The molecule has 2 atom stereocenters. The molecule has 0 saturated heterocycles. The Kier molecular flexibility index (Phi) is 5.37. The van der Waals surface area contributed by atoms with Crippen LogP contribution in [0.15, 0.2) is 0 Å². The fourth-order valence-electron chi connectivity index (χ4n) is 0.968. The summed E-state index contributed by atoms with van der Waals surface area (Å²) in [6.07, 6.45) is 20.9. The Bertz CT molecular complexity index is 405. The van der Waals surface area contributed by atoms with Gasteiger partial charge in [-0.15, -0.1) is 25.7 Å². The second kappa shape index (κ2) is 6.01. The molecule has 72 valence electrons. The average molecular weight is 307 g/mol. The minimum absolute atomic E-state index is 0.736. The maximum atomic E-state index is 8.96. The predicted molar refractivity (Wildman–Crippen MR) is 65.8 cm³/mol. The number of halogens is 1. The summed E-state index contributed by atoms with van der Waals surface area (Å²) < 4.78 is 4.91. The number of nitriles is 1. The first kappa shape index (κ1) is 13.4. The third-order valence-corrected chi connectivity index (χ3v) is 2.51. The zero-order chi connectivity index (χ0) is 11.9. The Labute approximate surface area is 104 Å². The standard InChI is InChI=1S/C12H6INO/c1-5-10(6-2)11(7-3)12(8-4,9-14)15-13/h1-4,10-11H/t11-,12?/m0/s1. The van der Waals surface area contributed by atoms with Crippen molar-refractivity contribution in [2.45, 2.75) is 5.60 Å². The van der Waals surface area contributed by atoms with Crippen molar-refractivity contribution in [1.82, 2.24) is 0 Å². The van der Waals surface area contributed by atoms with E-state index in [2.05, 4.69) is 23.7 Å². The summed E-state index contributed by atoms with van der Waals surface area (Å²) in [5.74, 6) is 7.54. The molecule has 0 aliphatic carbocycles. The van der Waals surface area contributed by atoms with Gasteiger partial charge in [0.05, 0.1) is 11.8 Å². The molecule has 0 saturated carbocycles. The molecular formula is C12H6INO. The van der Waals surface area contributed by atoms with Crippen molar-refractivity contribution >= 4 is 23.0 Å². The molecule has 0 aromatic carbocycles. The lowest BCUT2D eigenvalue weighted by atomic mass is 9.80. The molecule has 0 aromatic heterocycles. The van der Waals surface area contributed by atoms with Crippen LogP contribution in [0.25, 0.3) is 0 Å². The summed E-state index contributed by atoms with van der Waals surface area (Å²) in [6.45, 7) is 0. The summed E-state index contributed by atoms with van der Waals surface area (Å²) in [7, 11) is 0. The van der Waals surface area contributed by atoms with Gasteiger partial charge >= 0.3 is 0 Å². The molecule has 0 rings (SSSR count). The first-order valence-electron chi connectivity index (χ1n) is 3.72. The van der Waals surface area contributed by atoms with Crippen molar-refractivity contribution in [3.63, 3.8) is 0 Å². The lowest BCUT2D eigenvalue weighted by molar-refractivity contribution is 0.201. The number of rotatable bonds is 3. The second-order valence-electron chi connectivity index (χ2n) is 2.52. The van der Waals surface area contributed by atoms with Gasteiger partial charge < -0.3 is 0 Å². The molecular weight excluding hydrogens is 301 g/mol. The highest BCUT2D eigenvalue weighted by molar-refractivity contribution is 14.1. The molecule has 0 N–H and O–H groups in total. The van der Waals surface area contributed by atoms with E-state index in [0.717, 1.165) is 0 Å². The topological polar surface area (TPSA) is 33.0 Å². The molecule has 2 nitrogen and oxygen atoms in total. The number of hydrogen-bond donors (Lipinski definition) is 0. The maximum absolute atomic E-state index is 8.96. The summed E-state index contributed by atoms with van der Waals surface area (Å²) >= 11 is 1.51. The number of terminal acetylenes is 4. The van der Waals surface area contributed by atoms with Crippen molar-refractivity contribution in [2.75, 3.05) is 0 Å². The molecule has 0 aromatic rings. The number of hydrogen-bond acceptors (Lipinski definition) is 2. The first-order chi connectivity index (χ1) is 7.15. The van der Waals surface area contributed by atoms with Crippen LogP contribution >= 0.6 is 23.0 Å². The SMILES string of the molecule is C#CC(C#C)[C@H](C#C)C(C#C)(C#N)OI. The van der Waals surface area contributed by atoms with E-state index < -0.39 is 17.4 Å². The Hall–Kier alpha value is -1.58. The fraction of sp³-hybridized carbons (Fsp3) is 0.250. The smallest absolute Gasteiger partial charge is 0.241 e. The second-order valence-corrected chi connectivity index (χ2v) is 2.96. The van der Waals surface area contributed by atoms with Gasteiger partial charge in [-0.2, -0.15) is 5.26 Å². The van der Waals surface area contributed by atoms with E-state index in [9.17, 15) is 0 Å². The minimum Gasteiger partial charge on any atom is -0.279 e. The molecule has 0 aliphatic heterocycles. The lowest BCUT2D eigenvalue weighted by Gasteiger charge is -2.25. The van der Waals surface area contributed by atoms with E-state index >= 15 is 0 Å². The van der Waals surface area contributed by atoms with Crippen LogP contribution in [0.4, 0.5) is 0 Å². The maximum Gasteiger partial charge on any atom is 0.241 e. The molecule has 0 spiro atoms. The van der Waals surface area contributed by atoms with Crippen molar-refractivity contribution in [3.05, 3.63) is 0 Å². The van der Waals surface area contributed by atoms with Gasteiger partial charge in [-0.25, -0.2) is 0 Å². The molecule has 15 heavy (non-hydrogen) atoms. The van der Waals surface area contributed by atoms with Gasteiger partial charge in [-0.1, -0.05) is 23.7 Å². The van der Waals surface area contributed by atoms with Crippen LogP contribution in [0.5, 0.6) is 0 Å². The Morgan fingerprint density at radius 3 is 1.87 bits per heavy atom. The zero-order valence-corrected chi connectivity index (χ0v) is 9.86. The Morgan fingerprint density at radius 1 is 1.13 bits per heavy atom. The van der Waals surface area contributed by atoms with E-state index in [-0.39, 0.29) is 0 Å². The Balaban J connectivity index is 5.46. The highest BCUT2D eigenvalue weighted by atomic mass is 127. The van der Waals surface area contributed by atoms with Gasteiger partial charge in [-0.05, 0) is 0 Å². The van der Waals surface area contributed by atoms with E-state index in [4.69, 9.17) is 34.0 Å². The number of nitrogens with zero attached hydrogens (tertiary/aromatic N) is 1. The summed E-state index contributed by atoms with van der Waals surface area (Å²) in [5.41, 5.74) is -1.58. The molecule has 0 heterocycles. The fourth-order valence-corrected chi connectivity index (χ4v) is 1.47. The molecule has 0 amide bonds. The molecule has 0 bridgehead atoms. The first-order valence-corrected chi connectivity index (χ1v) is 4.61. The van der Waals surface area contributed by atoms with E-state index in [0.29, 0.717) is 0 Å². The van der Waals surface area contributed by atoms with Gasteiger partial charge in [0.25, 0.3) is 0 Å². The quantitative estimate of drug-likeness (QED) is 0.583. The van der Waals surface area contributed by atoms with Crippen molar-refractivity contribution in [2.24, 2.45) is 11.8 Å². The van der Waals surface area contributed by atoms with Gasteiger partial charge in [0.15, 0.2) is 0 Å². The van der Waals surface area contributed by atoms with Gasteiger partial charge in [0.1, 0.15) is 29.1 Å². The third-order valence-electron chi connectivity index (χ3n) is 1.81. The van der Waals surface area contributed by atoms with Crippen LogP contribution in [0, 0.1) is 72.5 Å². The van der Waals surface area contributed by atoms with E-state index in [1.807, 2.05) is 6.07 Å². The van der Waals surface area contributed by atoms with Crippen molar-refractivity contribution in [1.29, 1.82) is 5.26 Å². The van der Waals surface area contributed by atoms with Gasteiger partial charge in [0, 0.05) is 0 Å². The highest BCUT2D eigenvalue weighted by Crippen LogP contribution is 2.29. The molecule has 0 aliphatic rings. The van der Waals surface area contributed by atoms with Gasteiger partial charge in [-0.3, -0.25) is 3.07 Å². The van der Waals surface area contributed by atoms with Crippen molar-refractivity contribution < 1.29 is 3.07 Å². The third kappa shape index (κ3) is 2.46. The summed E-state index contributed by atoms with van der Waals surface area (Å²) in [6, 6.07) is 1.82. The largest absolute Gasteiger partial charge is 0.279 e. The van der Waals surface area contributed by atoms with Crippen LogP contribution in [0.3, 0.4) is 0 Å². The monoisotopic (exact) mass is 307 g/mol. The van der Waals surface area contributed by atoms with E-state index in [1.54, 1.807) is 0 Å². The molecule has 0 radical (unpaired) electrons. The van der Waals surface area contributed by atoms with E-state index in [1.165, 1.54) is 23.0 Å². The summed E-state index contributed by atoms with van der Waals surface area (Å²) in [4.78, 5) is 0. The van der Waals surface area contributed by atoms with Crippen molar-refractivity contribution in [3.8, 4) is 55.4 Å². The predicted octanol–water partition coefficient (Wildman–Crippen LogP) is 1.38. The van der Waals surface area contributed by atoms with Crippen LogP contribution in [-0.2, 0) is 3.07 Å². The lowest BCUT2D eigenvalue weighted by Crippen LogP contribution is -2.38. The zero-order valence-electron chi connectivity index (χ0n) is 7.70. The average Bonchev–Trinajstić information content (AvgIpc) is 2.30. The molecule has 3 heteroatoms. The molecule has 0 fully saturated rings. The highest BCUT2D eigenvalue weighted by Gasteiger charge is 2.41. The normalized spacial score (nSPS) is 14.5.